The minimum atomic E-state index is -0.443. The molecule has 0 heterocycles. The van der Waals surface area contributed by atoms with Gasteiger partial charge < -0.3 is 4.79 Å². The van der Waals surface area contributed by atoms with Gasteiger partial charge in [-0.1, -0.05) is 24.3 Å². The Labute approximate surface area is 64.9 Å². The van der Waals surface area contributed by atoms with Crippen LogP contribution in [0.2, 0.25) is 0 Å². The van der Waals surface area contributed by atoms with Gasteiger partial charge in [0.25, 0.3) is 0 Å². The maximum absolute atomic E-state index is 12.0. The van der Waals surface area contributed by atoms with E-state index in [4.69, 9.17) is 0 Å². The van der Waals surface area contributed by atoms with E-state index in [9.17, 15) is 9.18 Å². The molecule has 0 saturated heterocycles. The van der Waals surface area contributed by atoms with Crippen molar-refractivity contribution in [2.45, 2.75) is 13.1 Å². The van der Waals surface area contributed by atoms with Crippen LogP contribution in [0.15, 0.2) is 24.3 Å². The second kappa shape index (κ2) is 3.86. The molecule has 0 unspecified atom stereocenters. The Kier molecular flexibility index (Phi) is 2.78. The molecule has 0 aliphatic heterocycles. The maximum Gasteiger partial charge on any atom is 0.124 e. The van der Waals surface area contributed by atoms with Crippen LogP contribution in [0.3, 0.4) is 0 Å². The first-order valence-corrected chi connectivity index (χ1v) is 3.44. The van der Waals surface area contributed by atoms with Crippen LogP contribution in [0.25, 0.3) is 0 Å². The molecule has 1 rings (SSSR count). The van der Waals surface area contributed by atoms with Gasteiger partial charge in [-0.25, -0.2) is 4.39 Å². The molecule has 11 heavy (non-hydrogen) atoms. The molecular weight excluding hydrogens is 142 g/mol. The first-order valence-electron chi connectivity index (χ1n) is 3.44. The molecule has 0 saturated carbocycles. The summed E-state index contributed by atoms with van der Waals surface area (Å²) in [4.78, 5) is 10.1. The first kappa shape index (κ1) is 7.92. The van der Waals surface area contributed by atoms with E-state index in [1.54, 1.807) is 24.3 Å². The summed E-state index contributed by atoms with van der Waals surface area (Å²) in [5, 5.41) is 0. The van der Waals surface area contributed by atoms with Crippen molar-refractivity contribution in [2.75, 3.05) is 0 Å². The molecule has 0 aliphatic carbocycles. The van der Waals surface area contributed by atoms with Crippen molar-refractivity contribution in [3.05, 3.63) is 35.4 Å². The van der Waals surface area contributed by atoms with E-state index in [0.717, 1.165) is 11.8 Å². The Morgan fingerprint density at radius 2 is 1.73 bits per heavy atom. The molecule has 0 amide bonds. The van der Waals surface area contributed by atoms with Gasteiger partial charge in [0.1, 0.15) is 13.0 Å². The van der Waals surface area contributed by atoms with Crippen molar-refractivity contribution in [3.8, 4) is 0 Å². The van der Waals surface area contributed by atoms with E-state index in [-0.39, 0.29) is 0 Å². The Hall–Kier alpha value is -1.18. The van der Waals surface area contributed by atoms with Crippen molar-refractivity contribution in [2.24, 2.45) is 0 Å². The van der Waals surface area contributed by atoms with Crippen LogP contribution in [-0.2, 0) is 17.9 Å². The van der Waals surface area contributed by atoms with Gasteiger partial charge in [0, 0.05) is 6.42 Å². The average Bonchev–Trinajstić information content (AvgIpc) is 2.07. The number of alkyl halides is 1. The van der Waals surface area contributed by atoms with Gasteiger partial charge in [0.15, 0.2) is 0 Å². The van der Waals surface area contributed by atoms with E-state index in [2.05, 4.69) is 0 Å². The summed E-state index contributed by atoms with van der Waals surface area (Å²) in [5.41, 5.74) is 1.58. The van der Waals surface area contributed by atoms with Crippen LogP contribution in [0.4, 0.5) is 4.39 Å². The van der Waals surface area contributed by atoms with Gasteiger partial charge in [0.05, 0.1) is 0 Å². The van der Waals surface area contributed by atoms with Gasteiger partial charge in [-0.3, -0.25) is 0 Å². The smallest absolute Gasteiger partial charge is 0.124 e. The number of hydrogen-bond acceptors (Lipinski definition) is 1. The van der Waals surface area contributed by atoms with E-state index in [1.165, 1.54) is 0 Å². The monoisotopic (exact) mass is 151 g/mol. The Morgan fingerprint density at radius 3 is 2.18 bits per heavy atom. The number of carbonyl (C=O) groups excluding carboxylic acids is 1. The van der Waals surface area contributed by atoms with Crippen molar-refractivity contribution in [3.63, 3.8) is 0 Å². The van der Waals surface area contributed by atoms with Crippen molar-refractivity contribution >= 4 is 6.29 Å². The lowest BCUT2D eigenvalue weighted by molar-refractivity contribution is -0.107. The fourth-order valence-corrected chi connectivity index (χ4v) is 0.861. The van der Waals surface area contributed by atoms with Crippen molar-refractivity contribution in [1.29, 1.82) is 0 Å². The molecule has 2 heteroatoms. The zero-order valence-corrected chi connectivity index (χ0v) is 6.09. The molecule has 1 aromatic carbocycles. The SMILES string of the molecule is O=CCc1ccc(C[18F])cc1. The van der Waals surface area contributed by atoms with E-state index in [1.807, 2.05) is 0 Å². The van der Waals surface area contributed by atoms with Crippen LogP contribution in [0, 0.1) is 0 Å². The third kappa shape index (κ3) is 2.15. The number of benzene rings is 1. The predicted molar refractivity (Wildman–Crippen MR) is 41.0 cm³/mol. The minimum absolute atomic E-state index is 0.409. The molecule has 58 valence electrons. The Morgan fingerprint density at radius 1 is 1.18 bits per heavy atom. The van der Waals surface area contributed by atoms with Gasteiger partial charge >= 0.3 is 0 Å². The van der Waals surface area contributed by atoms with Crippen LogP contribution >= 0.6 is 0 Å². The molecule has 0 N–H and O–H groups in total. The molecule has 0 atom stereocenters. The minimum Gasteiger partial charge on any atom is -0.303 e. The molecule has 0 aromatic heterocycles. The summed E-state index contributed by atoms with van der Waals surface area (Å²) >= 11 is 0. The summed E-state index contributed by atoms with van der Waals surface area (Å²) < 4.78 is 12.0. The lowest BCUT2D eigenvalue weighted by atomic mass is 10.1. The van der Waals surface area contributed by atoms with Crippen molar-refractivity contribution < 1.29 is 9.18 Å². The van der Waals surface area contributed by atoms with Gasteiger partial charge in [-0.05, 0) is 11.1 Å². The summed E-state index contributed by atoms with van der Waals surface area (Å²) in [6.45, 7) is -0.443. The standard InChI is InChI=1S/C9H9FO/c10-7-9-3-1-8(2-4-9)5-6-11/h1-4,6H,5,7H2/i10-1. The van der Waals surface area contributed by atoms with Crippen LogP contribution < -0.4 is 0 Å². The van der Waals surface area contributed by atoms with E-state index >= 15 is 0 Å². The quantitative estimate of drug-likeness (QED) is 0.603. The molecule has 0 bridgehead atoms. The van der Waals surface area contributed by atoms with Crippen LogP contribution in [0.5, 0.6) is 0 Å². The summed E-state index contributed by atoms with van der Waals surface area (Å²) in [5.74, 6) is 0. The van der Waals surface area contributed by atoms with Gasteiger partial charge in [-0.2, -0.15) is 0 Å². The summed E-state index contributed by atoms with van der Waals surface area (Å²) in [7, 11) is 0. The number of carbonyl (C=O) groups is 1. The molecular formula is C9H9FO. The Bertz CT molecular complexity index is 228. The molecule has 0 spiro atoms. The summed E-state index contributed by atoms with van der Waals surface area (Å²) in [6.07, 6.45) is 1.25. The molecule has 1 nitrogen and oxygen atoms in total. The lowest BCUT2D eigenvalue weighted by Crippen LogP contribution is -1.85. The van der Waals surface area contributed by atoms with Gasteiger partial charge in [-0.15, -0.1) is 0 Å². The van der Waals surface area contributed by atoms with Crippen molar-refractivity contribution in [1.82, 2.24) is 0 Å². The zero-order chi connectivity index (χ0) is 8.10. The molecule has 0 fully saturated rings. The van der Waals surface area contributed by atoms with Crippen LogP contribution in [-0.4, -0.2) is 6.29 Å². The van der Waals surface area contributed by atoms with E-state index < -0.39 is 6.67 Å². The fourth-order valence-electron chi connectivity index (χ4n) is 0.861. The fraction of sp³-hybridized carbons (Fsp3) is 0.222. The highest BCUT2D eigenvalue weighted by Crippen LogP contribution is 2.05. The molecule has 0 aliphatic rings. The second-order valence-corrected chi connectivity index (χ2v) is 2.32. The zero-order valence-electron chi connectivity index (χ0n) is 6.09. The first-order chi connectivity index (χ1) is 5.36. The number of hydrogen-bond donors (Lipinski definition) is 0. The number of aldehydes is 1. The highest BCUT2D eigenvalue weighted by Gasteiger charge is 1.92. The predicted octanol–water partition coefficient (Wildman–Crippen LogP) is 1.90. The van der Waals surface area contributed by atoms with Crippen LogP contribution in [0.1, 0.15) is 11.1 Å². The second-order valence-electron chi connectivity index (χ2n) is 2.32. The van der Waals surface area contributed by atoms with Gasteiger partial charge in [0.2, 0.25) is 0 Å². The average molecular weight is 151 g/mol. The normalized spacial score (nSPS) is 9.55. The number of rotatable bonds is 3. The number of halogens is 1. The lowest BCUT2D eigenvalue weighted by Gasteiger charge is -1.95. The highest BCUT2D eigenvalue weighted by molar-refractivity contribution is 5.54. The third-order valence-electron chi connectivity index (χ3n) is 1.50. The Balaban J connectivity index is 2.74. The maximum atomic E-state index is 12.0. The third-order valence-corrected chi connectivity index (χ3v) is 1.50. The topological polar surface area (TPSA) is 17.1 Å². The largest absolute Gasteiger partial charge is 0.303 e. The highest BCUT2D eigenvalue weighted by atomic mass is 18.2. The molecule has 1 aromatic rings. The van der Waals surface area contributed by atoms with E-state index in [0.29, 0.717) is 12.0 Å². The molecule has 0 radical (unpaired) electrons. The summed E-state index contributed by atoms with van der Waals surface area (Å²) in [6, 6.07) is 6.92.